The van der Waals surface area contributed by atoms with Crippen LogP contribution < -0.4 is 15.5 Å². The lowest BCUT2D eigenvalue weighted by Crippen LogP contribution is -2.45. The van der Waals surface area contributed by atoms with Gasteiger partial charge < -0.3 is 15.5 Å². The molecule has 170 valence electrons. The zero-order valence-corrected chi connectivity index (χ0v) is 20.1. The van der Waals surface area contributed by atoms with Crippen LogP contribution in [0.15, 0.2) is 53.0 Å². The first kappa shape index (κ1) is 22.8. The Morgan fingerprint density at radius 1 is 0.906 bits per heavy atom. The van der Waals surface area contributed by atoms with Gasteiger partial charge in [0.05, 0.1) is 5.56 Å². The number of hydrogen-bond acceptors (Lipinski definition) is 3. The summed E-state index contributed by atoms with van der Waals surface area (Å²) in [7, 11) is 0. The van der Waals surface area contributed by atoms with Crippen LogP contribution in [-0.4, -0.2) is 37.5 Å². The van der Waals surface area contributed by atoms with Crippen LogP contribution >= 0.6 is 15.9 Å². The first-order chi connectivity index (χ1) is 15.6. The lowest BCUT2D eigenvalue weighted by atomic mass is 9.89. The summed E-state index contributed by atoms with van der Waals surface area (Å²) in [6.45, 7) is 2.41. The molecule has 1 saturated carbocycles. The molecule has 5 nitrogen and oxygen atoms in total. The van der Waals surface area contributed by atoms with Crippen molar-refractivity contribution in [1.82, 2.24) is 10.6 Å². The van der Waals surface area contributed by atoms with Crippen LogP contribution in [0.5, 0.6) is 0 Å². The molecule has 32 heavy (non-hydrogen) atoms. The summed E-state index contributed by atoms with van der Waals surface area (Å²) in [6.07, 6.45) is 8.05. The maximum atomic E-state index is 12.9. The molecular weight excluding hydrogens is 466 g/mol. The van der Waals surface area contributed by atoms with Crippen molar-refractivity contribution >= 4 is 33.4 Å². The van der Waals surface area contributed by atoms with Crippen LogP contribution in [-0.2, 0) is 0 Å². The summed E-state index contributed by atoms with van der Waals surface area (Å²) in [5, 5.41) is 6.34. The second-order valence-electron chi connectivity index (χ2n) is 8.98. The summed E-state index contributed by atoms with van der Waals surface area (Å²) in [6, 6.07) is 15.5. The summed E-state index contributed by atoms with van der Waals surface area (Å²) in [4.78, 5) is 27.8. The van der Waals surface area contributed by atoms with Gasteiger partial charge in [-0.25, -0.2) is 0 Å². The number of piperidine rings is 1. The van der Waals surface area contributed by atoms with Crippen LogP contribution in [0.4, 0.5) is 5.69 Å². The Balaban J connectivity index is 1.32. The molecule has 0 atom stereocenters. The minimum absolute atomic E-state index is 0.0243. The third kappa shape index (κ3) is 5.91. The number of benzene rings is 2. The molecule has 2 fully saturated rings. The highest BCUT2D eigenvalue weighted by molar-refractivity contribution is 9.10. The third-order valence-electron chi connectivity index (χ3n) is 6.68. The number of carbonyl (C=O) groups excluding carboxylic acids is 2. The molecule has 6 heteroatoms. The van der Waals surface area contributed by atoms with Gasteiger partial charge >= 0.3 is 0 Å². The maximum Gasteiger partial charge on any atom is 0.253 e. The molecular formula is C26H32BrN3O2. The van der Waals surface area contributed by atoms with Crippen molar-refractivity contribution in [3.05, 3.63) is 64.1 Å². The van der Waals surface area contributed by atoms with Crippen molar-refractivity contribution in [2.24, 2.45) is 5.92 Å². The standard InChI is InChI=1S/C26H32BrN3O2/c27-21-10-6-9-20(17-21)25(31)29-22-13-15-30(16-14-22)24-12-5-4-11-23(24)26(32)28-18-19-7-2-1-3-8-19/h4-6,9-12,17,19,22H,1-3,7-8,13-16,18H2,(H,28,32)(H,29,31). The van der Waals surface area contributed by atoms with Gasteiger partial charge in [-0.2, -0.15) is 0 Å². The van der Waals surface area contributed by atoms with Crippen molar-refractivity contribution in [2.75, 3.05) is 24.5 Å². The predicted molar refractivity (Wildman–Crippen MR) is 132 cm³/mol. The average molecular weight is 498 g/mol. The second-order valence-corrected chi connectivity index (χ2v) is 9.89. The van der Waals surface area contributed by atoms with Gasteiger partial charge in [-0.3, -0.25) is 9.59 Å². The largest absolute Gasteiger partial charge is 0.371 e. The topological polar surface area (TPSA) is 61.4 Å². The fourth-order valence-electron chi connectivity index (χ4n) is 4.83. The van der Waals surface area contributed by atoms with Gasteiger partial charge in [0.15, 0.2) is 0 Å². The number of carbonyl (C=O) groups is 2. The van der Waals surface area contributed by atoms with E-state index in [2.05, 4.69) is 31.5 Å². The highest BCUT2D eigenvalue weighted by atomic mass is 79.9. The first-order valence-corrected chi connectivity index (χ1v) is 12.6. The van der Waals surface area contributed by atoms with Crippen LogP contribution in [0, 0.1) is 5.92 Å². The smallest absolute Gasteiger partial charge is 0.253 e. The van der Waals surface area contributed by atoms with E-state index in [4.69, 9.17) is 0 Å². The maximum absolute atomic E-state index is 12.9. The van der Waals surface area contributed by atoms with Crippen molar-refractivity contribution in [2.45, 2.75) is 51.0 Å². The van der Waals surface area contributed by atoms with Crippen LogP contribution in [0.2, 0.25) is 0 Å². The molecule has 1 heterocycles. The molecule has 2 aromatic rings. The van der Waals surface area contributed by atoms with E-state index in [0.29, 0.717) is 11.5 Å². The molecule has 0 aromatic heterocycles. The van der Waals surface area contributed by atoms with E-state index in [1.165, 1.54) is 32.1 Å². The molecule has 0 bridgehead atoms. The van der Waals surface area contributed by atoms with Gasteiger partial charge in [-0.15, -0.1) is 0 Å². The van der Waals surface area contributed by atoms with Crippen molar-refractivity contribution in [1.29, 1.82) is 0 Å². The Morgan fingerprint density at radius 2 is 1.66 bits per heavy atom. The summed E-state index contributed by atoms with van der Waals surface area (Å²) >= 11 is 3.42. The van der Waals surface area contributed by atoms with Crippen molar-refractivity contribution in [3.63, 3.8) is 0 Å². The van der Waals surface area contributed by atoms with E-state index in [-0.39, 0.29) is 17.9 Å². The van der Waals surface area contributed by atoms with Gasteiger partial charge in [-0.05, 0) is 61.9 Å². The number of nitrogens with zero attached hydrogens (tertiary/aromatic N) is 1. The fraction of sp³-hybridized carbons (Fsp3) is 0.462. The highest BCUT2D eigenvalue weighted by Gasteiger charge is 2.24. The van der Waals surface area contributed by atoms with Crippen molar-refractivity contribution < 1.29 is 9.59 Å². The van der Waals surface area contributed by atoms with Crippen molar-refractivity contribution in [3.8, 4) is 0 Å². The zero-order chi connectivity index (χ0) is 22.3. The van der Waals surface area contributed by atoms with Gasteiger partial charge in [0.25, 0.3) is 11.8 Å². The minimum atomic E-state index is -0.0350. The molecule has 2 aromatic carbocycles. The Labute approximate surface area is 199 Å². The number of anilines is 1. The molecule has 1 aliphatic carbocycles. The number of nitrogens with one attached hydrogen (secondary N) is 2. The predicted octanol–water partition coefficient (Wildman–Crippen LogP) is 5.16. The SMILES string of the molecule is O=C(NC1CCN(c2ccccc2C(=O)NCC2CCCCC2)CC1)c1cccc(Br)c1. The number of rotatable bonds is 6. The van der Waals surface area contributed by atoms with E-state index in [1.807, 2.05) is 48.5 Å². The van der Waals surface area contributed by atoms with Gasteiger partial charge in [0, 0.05) is 41.4 Å². The molecule has 4 rings (SSSR count). The zero-order valence-electron chi connectivity index (χ0n) is 18.5. The molecule has 1 saturated heterocycles. The normalized spacial score (nSPS) is 17.7. The molecule has 0 radical (unpaired) electrons. The van der Waals surface area contributed by atoms with Crippen LogP contribution in [0.25, 0.3) is 0 Å². The molecule has 2 N–H and O–H groups in total. The van der Waals surface area contributed by atoms with Gasteiger partial charge in [-0.1, -0.05) is 53.4 Å². The molecule has 0 unspecified atom stereocenters. The van der Waals surface area contributed by atoms with E-state index < -0.39 is 0 Å². The Hall–Kier alpha value is -2.34. The molecule has 0 spiro atoms. The summed E-state index contributed by atoms with van der Waals surface area (Å²) < 4.78 is 0.901. The second kappa shape index (κ2) is 11.0. The van der Waals surface area contributed by atoms with E-state index in [9.17, 15) is 9.59 Å². The number of para-hydroxylation sites is 1. The van der Waals surface area contributed by atoms with E-state index in [0.717, 1.165) is 48.2 Å². The lowest BCUT2D eigenvalue weighted by molar-refractivity contribution is 0.0928. The van der Waals surface area contributed by atoms with Crippen LogP contribution in [0.1, 0.15) is 65.7 Å². The highest BCUT2D eigenvalue weighted by Crippen LogP contribution is 2.26. The van der Waals surface area contributed by atoms with E-state index in [1.54, 1.807) is 0 Å². The van der Waals surface area contributed by atoms with Gasteiger partial charge in [0.1, 0.15) is 0 Å². The number of halogens is 1. The van der Waals surface area contributed by atoms with Crippen LogP contribution in [0.3, 0.4) is 0 Å². The van der Waals surface area contributed by atoms with Gasteiger partial charge in [0.2, 0.25) is 0 Å². The number of amides is 2. The quantitative estimate of drug-likeness (QED) is 0.579. The molecule has 1 aliphatic heterocycles. The molecule has 2 amide bonds. The third-order valence-corrected chi connectivity index (χ3v) is 7.18. The lowest BCUT2D eigenvalue weighted by Gasteiger charge is -2.35. The fourth-order valence-corrected chi connectivity index (χ4v) is 5.23. The minimum Gasteiger partial charge on any atom is -0.371 e. The first-order valence-electron chi connectivity index (χ1n) is 11.8. The number of hydrogen-bond donors (Lipinski definition) is 2. The Kier molecular flexibility index (Phi) is 7.85. The molecule has 2 aliphatic rings. The van der Waals surface area contributed by atoms with E-state index >= 15 is 0 Å². The summed E-state index contributed by atoms with van der Waals surface area (Å²) in [5.41, 5.74) is 2.41. The monoisotopic (exact) mass is 497 g/mol. The Bertz CT molecular complexity index is 934. The Morgan fingerprint density at radius 3 is 2.41 bits per heavy atom. The average Bonchev–Trinajstić information content (AvgIpc) is 2.84. The summed E-state index contributed by atoms with van der Waals surface area (Å²) in [5.74, 6) is 0.605.